The number of carbonyl (C=O) groups is 1. The Balaban J connectivity index is 2.39. The smallest absolute Gasteiger partial charge is 0.345 e. The molecule has 4 unspecified atom stereocenters. The van der Waals surface area contributed by atoms with E-state index in [1.165, 1.54) is 0 Å². The minimum Gasteiger partial charge on any atom is -0.550 e. The monoisotopic (exact) mass is 311 g/mol. The molecule has 2 rings (SSSR count). The Kier molecular flexibility index (Phi) is 3.59. The van der Waals surface area contributed by atoms with Crippen LogP contribution in [-0.2, 0) is 4.79 Å². The van der Waals surface area contributed by atoms with E-state index < -0.39 is 23.3 Å². The first-order valence-corrected chi connectivity index (χ1v) is 10.9. The van der Waals surface area contributed by atoms with Gasteiger partial charge in [-0.25, -0.2) is 0 Å². The van der Waals surface area contributed by atoms with Crippen molar-refractivity contribution in [3.8, 4) is 0 Å². The van der Waals surface area contributed by atoms with Crippen LogP contribution < -0.4 is 5.11 Å². The number of aliphatic carboxylic acids is 1. The third-order valence-electron chi connectivity index (χ3n) is 4.22. The van der Waals surface area contributed by atoms with Gasteiger partial charge in [-0.2, -0.15) is 0 Å². The van der Waals surface area contributed by atoms with E-state index in [9.17, 15) is 9.90 Å². The van der Waals surface area contributed by atoms with Crippen LogP contribution in [-0.4, -0.2) is 12.0 Å². The lowest BCUT2D eigenvalue weighted by atomic mass is 9.74. The number of carboxylic acids is 1. The predicted molar refractivity (Wildman–Crippen MR) is 70.1 cm³/mol. The van der Waals surface area contributed by atoms with Crippen LogP contribution in [0.25, 0.3) is 0 Å². The van der Waals surface area contributed by atoms with E-state index >= 15 is 0 Å². The van der Waals surface area contributed by atoms with Crippen LogP contribution in [0.5, 0.6) is 0 Å². The van der Waals surface area contributed by atoms with E-state index in [0.717, 1.165) is 6.42 Å². The zero-order valence-corrected chi connectivity index (χ0v) is 12.7. The zero-order valence-electron chi connectivity index (χ0n) is 9.46. The highest BCUT2D eigenvalue weighted by Crippen LogP contribution is 2.64. The maximum Gasteiger partial charge on any atom is 0.345 e. The minimum atomic E-state index is -2.93. The molecule has 0 aromatic heterocycles. The fourth-order valence-corrected chi connectivity index (χ4v) is 8.29. The van der Waals surface area contributed by atoms with Gasteiger partial charge in [0.25, 0.3) is 0 Å². The first-order chi connectivity index (χ1) is 7.81. The van der Waals surface area contributed by atoms with Crippen molar-refractivity contribution >= 4 is 45.2 Å². The maximum absolute atomic E-state index is 11.3. The average molecular weight is 313 g/mol. The average Bonchev–Trinajstić information content (AvgIpc) is 2.73. The minimum absolute atomic E-state index is 0.147. The molecule has 0 radical (unpaired) electrons. The Labute approximate surface area is 116 Å². The molecule has 4 atom stereocenters. The van der Waals surface area contributed by atoms with E-state index in [2.05, 4.69) is 6.08 Å². The number of allylic oxidation sites excluding steroid dienone is 2. The first-order valence-electron chi connectivity index (χ1n) is 5.78. The predicted octanol–water partition coefficient (Wildman–Crippen LogP) is 2.75. The molecule has 0 aromatic rings. The molecule has 6 heteroatoms. The fraction of sp³-hybridized carbons (Fsp3) is 0.727. The molecule has 96 valence electrons. The Hall–Kier alpha value is 0.297. The zero-order chi connectivity index (χ0) is 12.8. The summed E-state index contributed by atoms with van der Waals surface area (Å²) >= 11 is 18.5. The highest BCUT2D eigenvalue weighted by Gasteiger charge is 2.58. The van der Waals surface area contributed by atoms with Crippen molar-refractivity contribution in [3.05, 3.63) is 12.2 Å². The van der Waals surface area contributed by atoms with Crippen molar-refractivity contribution in [2.24, 2.45) is 17.3 Å². The van der Waals surface area contributed by atoms with Gasteiger partial charge in [-0.15, -0.1) is 33.2 Å². The topological polar surface area (TPSA) is 40.1 Å². The van der Waals surface area contributed by atoms with Gasteiger partial charge in [0.1, 0.15) is 0 Å². The van der Waals surface area contributed by atoms with Crippen LogP contribution in [0.4, 0.5) is 0 Å². The Bertz CT molecular complexity index is 366. The summed E-state index contributed by atoms with van der Waals surface area (Å²) in [7, 11) is 0. The van der Waals surface area contributed by atoms with Gasteiger partial charge in [0.2, 0.25) is 0 Å². The fourth-order valence-electron chi connectivity index (χ4n) is 3.58. The highest BCUT2D eigenvalue weighted by molar-refractivity contribution is 7.65. The summed E-state index contributed by atoms with van der Waals surface area (Å²) in [5.74, 6) is -1.18. The van der Waals surface area contributed by atoms with Gasteiger partial charge >= 0.3 is 6.00 Å². The van der Waals surface area contributed by atoms with Crippen LogP contribution in [0.15, 0.2) is 12.2 Å². The molecule has 2 bridgehead atoms. The molecule has 0 aliphatic heterocycles. The van der Waals surface area contributed by atoms with Crippen molar-refractivity contribution in [3.63, 3.8) is 0 Å². The second-order valence-electron chi connectivity index (χ2n) is 5.05. The van der Waals surface area contributed by atoms with E-state index in [4.69, 9.17) is 33.2 Å². The lowest BCUT2D eigenvalue weighted by Gasteiger charge is -2.42. The van der Waals surface area contributed by atoms with E-state index in [-0.39, 0.29) is 5.54 Å². The molecule has 0 heterocycles. The summed E-state index contributed by atoms with van der Waals surface area (Å²) in [6.07, 6.45) is 6.18. The number of carbonyl (C=O) groups excluding carboxylic acids is 1. The van der Waals surface area contributed by atoms with Crippen molar-refractivity contribution in [2.75, 3.05) is 0 Å². The lowest BCUT2D eigenvalue weighted by molar-refractivity contribution is -0.314. The van der Waals surface area contributed by atoms with Gasteiger partial charge in [-0.3, -0.25) is 0 Å². The summed E-state index contributed by atoms with van der Waals surface area (Å²) in [5.41, 5.74) is -0.623. The van der Waals surface area contributed by atoms with Crippen molar-refractivity contribution in [1.29, 1.82) is 0 Å². The molecule has 0 N–H and O–H groups in total. The van der Waals surface area contributed by atoms with Gasteiger partial charge < -0.3 is 9.90 Å². The molecule has 2 aliphatic rings. The van der Waals surface area contributed by atoms with Gasteiger partial charge in [-0.1, -0.05) is 25.5 Å². The van der Waals surface area contributed by atoms with Crippen molar-refractivity contribution < 1.29 is 9.90 Å². The van der Waals surface area contributed by atoms with Crippen LogP contribution in [0.2, 0.25) is 5.54 Å². The third kappa shape index (κ3) is 2.16. The van der Waals surface area contributed by atoms with Gasteiger partial charge in [-0.05, 0) is 18.8 Å². The summed E-state index contributed by atoms with van der Waals surface area (Å²) in [4.78, 5) is 11.3. The maximum atomic E-state index is 11.3. The normalized spacial score (nSPS) is 37.4. The number of hydrogen-bond donors (Lipinski definition) is 0. The first kappa shape index (κ1) is 13.7. The number of halogens is 3. The highest BCUT2D eigenvalue weighted by atomic mass is 35.8. The van der Waals surface area contributed by atoms with Crippen LogP contribution in [0.3, 0.4) is 0 Å². The molecular formula is C11H14Cl3O2Si-. The molecule has 0 aromatic carbocycles. The Morgan fingerprint density at radius 1 is 1.59 bits per heavy atom. The summed E-state index contributed by atoms with van der Waals surface area (Å²) in [5, 5.41) is 11.3. The number of rotatable bonds is 4. The van der Waals surface area contributed by atoms with Crippen LogP contribution in [0, 0.1) is 17.3 Å². The molecule has 0 saturated heterocycles. The van der Waals surface area contributed by atoms with Crippen molar-refractivity contribution in [1.82, 2.24) is 0 Å². The molecular weight excluding hydrogens is 299 g/mol. The third-order valence-corrected chi connectivity index (χ3v) is 8.32. The lowest BCUT2D eigenvalue weighted by Crippen LogP contribution is -2.45. The standard InChI is InChI=1S/C11H15Cl3O2Si/c1-2-9(17(12,13)14)11-4-3-7(6-11)5-8(11)10(15)16/h3-4,7-9H,2,5-6H2,1H3,(H,15,16)/p-1. The van der Waals surface area contributed by atoms with Gasteiger partial charge in [0.15, 0.2) is 0 Å². The Morgan fingerprint density at radius 2 is 2.24 bits per heavy atom. The molecule has 1 fully saturated rings. The number of fused-ring (bicyclic) bond motifs is 2. The van der Waals surface area contributed by atoms with Crippen LogP contribution >= 0.6 is 33.2 Å². The molecule has 17 heavy (non-hydrogen) atoms. The van der Waals surface area contributed by atoms with E-state index in [1.54, 1.807) is 0 Å². The van der Waals surface area contributed by atoms with Gasteiger partial charge in [0.05, 0.1) is 0 Å². The molecule has 2 aliphatic carbocycles. The largest absolute Gasteiger partial charge is 0.550 e. The molecule has 0 amide bonds. The van der Waals surface area contributed by atoms with Crippen LogP contribution in [0.1, 0.15) is 26.2 Å². The summed E-state index contributed by atoms with van der Waals surface area (Å²) in [6, 6.07) is -2.93. The van der Waals surface area contributed by atoms with Gasteiger partial charge in [0, 0.05) is 22.8 Å². The van der Waals surface area contributed by atoms with Crippen molar-refractivity contribution in [2.45, 2.75) is 31.7 Å². The Morgan fingerprint density at radius 3 is 2.65 bits per heavy atom. The molecule has 2 nitrogen and oxygen atoms in total. The molecule has 1 saturated carbocycles. The second-order valence-corrected chi connectivity index (χ2v) is 13.9. The molecule has 0 spiro atoms. The summed E-state index contributed by atoms with van der Waals surface area (Å²) < 4.78 is 0. The SMILES string of the molecule is CCC(C12C=CC(CC1C(=O)[O-])C2)[Si](Cl)(Cl)Cl. The number of hydrogen-bond acceptors (Lipinski definition) is 2. The van der Waals surface area contributed by atoms with E-state index in [1.807, 2.05) is 13.0 Å². The summed E-state index contributed by atoms with van der Waals surface area (Å²) in [6.45, 7) is 1.96. The second kappa shape index (κ2) is 4.44. The van der Waals surface area contributed by atoms with E-state index in [0.29, 0.717) is 18.8 Å². The quantitative estimate of drug-likeness (QED) is 0.455. The number of carboxylic acid groups (broad SMARTS) is 1.